The summed E-state index contributed by atoms with van der Waals surface area (Å²) in [6.45, 7) is 4.12. The molecule has 0 saturated carbocycles. The fourth-order valence-electron chi connectivity index (χ4n) is 2.77. The molecule has 0 N–H and O–H groups in total. The van der Waals surface area contributed by atoms with Crippen molar-refractivity contribution in [3.63, 3.8) is 0 Å². The van der Waals surface area contributed by atoms with Crippen LogP contribution >= 0.6 is 23.2 Å². The Morgan fingerprint density at radius 3 is 2.13 bits per heavy atom. The third-order valence-electron chi connectivity index (χ3n) is 3.98. The maximum atomic E-state index is 13.0. The van der Waals surface area contributed by atoms with Crippen molar-refractivity contribution in [1.29, 1.82) is 0 Å². The minimum absolute atomic E-state index is 0.0605. The van der Waals surface area contributed by atoms with Gasteiger partial charge in [0.25, 0.3) is 0 Å². The predicted octanol–water partition coefficient (Wildman–Crippen LogP) is 7.58. The highest BCUT2D eigenvalue weighted by Crippen LogP contribution is 2.39. The molecule has 2 rings (SSSR count). The van der Waals surface area contributed by atoms with Gasteiger partial charge < -0.3 is 0 Å². The molecule has 0 unspecified atom stereocenters. The van der Waals surface area contributed by atoms with Gasteiger partial charge in [-0.15, -0.1) is 0 Å². The standard InChI is InChI=1S/C18H17Cl2F3/c1-3-11(4-2)16-6-5-14(19)10-17(16)12-7-13(18(21,22)23)9-15(20)8-12/h5-11H,3-4H2,1-2H3. The minimum atomic E-state index is -4.44. The molecule has 2 aromatic rings. The molecule has 124 valence electrons. The van der Waals surface area contributed by atoms with Crippen molar-refractivity contribution < 1.29 is 13.2 Å². The van der Waals surface area contributed by atoms with Crippen molar-refractivity contribution in [3.05, 3.63) is 57.6 Å². The Kier molecular flexibility index (Phi) is 5.64. The summed E-state index contributed by atoms with van der Waals surface area (Å²) in [5.74, 6) is 0.260. The first kappa shape index (κ1) is 18.2. The zero-order chi connectivity index (χ0) is 17.2. The smallest absolute Gasteiger partial charge is 0.166 e. The second-order valence-corrected chi connectivity index (χ2v) is 6.34. The van der Waals surface area contributed by atoms with Gasteiger partial charge in [-0.1, -0.05) is 43.1 Å². The van der Waals surface area contributed by atoms with Crippen molar-refractivity contribution in [2.45, 2.75) is 38.8 Å². The van der Waals surface area contributed by atoms with Gasteiger partial charge in [-0.25, -0.2) is 0 Å². The molecule has 0 bridgehead atoms. The Balaban J connectivity index is 2.66. The van der Waals surface area contributed by atoms with Crippen molar-refractivity contribution in [1.82, 2.24) is 0 Å². The van der Waals surface area contributed by atoms with Gasteiger partial charge in [0.15, 0.2) is 0 Å². The molecule has 5 heteroatoms. The summed E-state index contributed by atoms with van der Waals surface area (Å²) in [4.78, 5) is 0. The van der Waals surface area contributed by atoms with E-state index < -0.39 is 11.7 Å². The zero-order valence-electron chi connectivity index (χ0n) is 12.8. The van der Waals surface area contributed by atoms with E-state index in [1.807, 2.05) is 6.07 Å². The predicted molar refractivity (Wildman–Crippen MR) is 90.2 cm³/mol. The average Bonchev–Trinajstić information content (AvgIpc) is 2.48. The van der Waals surface area contributed by atoms with Gasteiger partial charge in [-0.3, -0.25) is 0 Å². The van der Waals surface area contributed by atoms with E-state index >= 15 is 0 Å². The summed E-state index contributed by atoms with van der Waals surface area (Å²) in [7, 11) is 0. The van der Waals surface area contributed by atoms with Crippen LogP contribution in [-0.4, -0.2) is 0 Å². The Hall–Kier alpha value is -1.19. The summed E-state index contributed by atoms with van der Waals surface area (Å²) >= 11 is 12.0. The van der Waals surface area contributed by atoms with E-state index in [4.69, 9.17) is 23.2 Å². The molecule has 0 nitrogen and oxygen atoms in total. The molecule has 0 spiro atoms. The summed E-state index contributed by atoms with van der Waals surface area (Å²) in [6.07, 6.45) is -2.64. The summed E-state index contributed by atoms with van der Waals surface area (Å²) in [6, 6.07) is 8.99. The molecule has 0 saturated heterocycles. The molecule has 2 aromatic carbocycles. The van der Waals surface area contributed by atoms with Crippen LogP contribution in [0.3, 0.4) is 0 Å². The van der Waals surface area contributed by atoms with Crippen LogP contribution in [0.1, 0.15) is 43.7 Å². The van der Waals surface area contributed by atoms with Gasteiger partial charge in [-0.2, -0.15) is 13.2 Å². The van der Waals surface area contributed by atoms with Gasteiger partial charge in [0, 0.05) is 10.0 Å². The van der Waals surface area contributed by atoms with E-state index in [1.54, 1.807) is 18.2 Å². The SMILES string of the molecule is CCC(CC)c1ccc(Cl)cc1-c1cc(Cl)cc(C(F)(F)F)c1. The van der Waals surface area contributed by atoms with E-state index in [0.29, 0.717) is 16.1 Å². The minimum Gasteiger partial charge on any atom is -0.166 e. The molecule has 0 amide bonds. The molecule has 0 fully saturated rings. The van der Waals surface area contributed by atoms with Gasteiger partial charge in [-0.05, 0) is 65.8 Å². The lowest BCUT2D eigenvalue weighted by Gasteiger charge is -2.19. The molecule has 0 aliphatic rings. The first-order chi connectivity index (χ1) is 10.8. The number of rotatable bonds is 4. The second kappa shape index (κ2) is 7.14. The molecule has 0 aliphatic carbocycles. The maximum absolute atomic E-state index is 13.0. The lowest BCUT2D eigenvalue weighted by atomic mass is 9.87. The number of alkyl halides is 3. The lowest BCUT2D eigenvalue weighted by Crippen LogP contribution is -2.05. The fourth-order valence-corrected chi connectivity index (χ4v) is 3.18. The fraction of sp³-hybridized carbons (Fsp3) is 0.333. The highest BCUT2D eigenvalue weighted by atomic mass is 35.5. The van der Waals surface area contributed by atoms with Gasteiger partial charge in [0.05, 0.1) is 5.56 Å². The van der Waals surface area contributed by atoms with E-state index in [-0.39, 0.29) is 10.9 Å². The normalized spacial score (nSPS) is 12.0. The molecule has 0 atom stereocenters. The van der Waals surface area contributed by atoms with Gasteiger partial charge >= 0.3 is 6.18 Å². The first-order valence-corrected chi connectivity index (χ1v) is 8.19. The van der Waals surface area contributed by atoms with Crippen LogP contribution in [0.25, 0.3) is 11.1 Å². The van der Waals surface area contributed by atoms with Crippen molar-refractivity contribution in [2.24, 2.45) is 0 Å². The number of hydrogen-bond acceptors (Lipinski definition) is 0. The molecule has 0 aliphatic heterocycles. The summed E-state index contributed by atoms with van der Waals surface area (Å²) < 4.78 is 39.1. The topological polar surface area (TPSA) is 0 Å². The third kappa shape index (κ3) is 4.21. The monoisotopic (exact) mass is 360 g/mol. The third-order valence-corrected chi connectivity index (χ3v) is 4.43. The van der Waals surface area contributed by atoms with Crippen LogP contribution in [0.15, 0.2) is 36.4 Å². The largest absolute Gasteiger partial charge is 0.416 e. The number of hydrogen-bond donors (Lipinski definition) is 0. The van der Waals surface area contributed by atoms with Gasteiger partial charge in [0.1, 0.15) is 0 Å². The van der Waals surface area contributed by atoms with E-state index in [1.165, 1.54) is 0 Å². The molecule has 0 radical (unpaired) electrons. The van der Waals surface area contributed by atoms with E-state index in [0.717, 1.165) is 30.5 Å². The first-order valence-electron chi connectivity index (χ1n) is 7.43. The molecule has 0 heterocycles. The Labute approximate surface area is 144 Å². The summed E-state index contributed by atoms with van der Waals surface area (Å²) in [5.41, 5.74) is 1.39. The Morgan fingerprint density at radius 2 is 1.57 bits per heavy atom. The van der Waals surface area contributed by atoms with Crippen LogP contribution in [-0.2, 0) is 6.18 Å². The van der Waals surface area contributed by atoms with Crippen LogP contribution in [0, 0.1) is 0 Å². The number of halogens is 5. The van der Waals surface area contributed by atoms with E-state index in [2.05, 4.69) is 13.8 Å². The van der Waals surface area contributed by atoms with Gasteiger partial charge in [0.2, 0.25) is 0 Å². The molecule has 0 aromatic heterocycles. The number of benzene rings is 2. The van der Waals surface area contributed by atoms with Crippen molar-refractivity contribution in [2.75, 3.05) is 0 Å². The van der Waals surface area contributed by atoms with Crippen molar-refractivity contribution >= 4 is 23.2 Å². The van der Waals surface area contributed by atoms with Crippen LogP contribution in [0.5, 0.6) is 0 Å². The highest BCUT2D eigenvalue weighted by molar-refractivity contribution is 6.31. The quantitative estimate of drug-likeness (QED) is 0.526. The second-order valence-electron chi connectivity index (χ2n) is 5.47. The average molecular weight is 361 g/mol. The van der Waals surface area contributed by atoms with Crippen LogP contribution < -0.4 is 0 Å². The van der Waals surface area contributed by atoms with Crippen molar-refractivity contribution in [3.8, 4) is 11.1 Å². The van der Waals surface area contributed by atoms with Crippen LogP contribution in [0.4, 0.5) is 13.2 Å². The molecule has 23 heavy (non-hydrogen) atoms. The molecular formula is C18H17Cl2F3. The summed E-state index contributed by atoms with van der Waals surface area (Å²) in [5, 5.41) is 0.550. The Morgan fingerprint density at radius 1 is 0.913 bits per heavy atom. The Bertz CT molecular complexity index is 689. The zero-order valence-corrected chi connectivity index (χ0v) is 14.4. The van der Waals surface area contributed by atoms with E-state index in [9.17, 15) is 13.2 Å². The maximum Gasteiger partial charge on any atom is 0.416 e. The molecular weight excluding hydrogens is 344 g/mol. The lowest BCUT2D eigenvalue weighted by molar-refractivity contribution is -0.137. The van der Waals surface area contributed by atoms with Crippen LogP contribution in [0.2, 0.25) is 10.0 Å². The highest BCUT2D eigenvalue weighted by Gasteiger charge is 2.31.